The van der Waals surface area contributed by atoms with Crippen molar-refractivity contribution in [2.45, 2.75) is 20.4 Å². The molecule has 1 aromatic carbocycles. The lowest BCUT2D eigenvalue weighted by molar-refractivity contribution is -0.123. The molecule has 0 fully saturated rings. The average molecular weight is 331 g/mol. The van der Waals surface area contributed by atoms with Gasteiger partial charge in [-0.2, -0.15) is 0 Å². The van der Waals surface area contributed by atoms with Crippen LogP contribution in [-0.2, 0) is 11.3 Å². The monoisotopic (exact) mass is 331 g/mol. The third-order valence-electron chi connectivity index (χ3n) is 3.86. The number of hydrogen-bond acceptors (Lipinski definition) is 4. The van der Waals surface area contributed by atoms with Crippen molar-refractivity contribution < 1.29 is 9.53 Å². The van der Waals surface area contributed by atoms with Crippen LogP contribution in [0, 0.1) is 6.92 Å². The Labute approximate surface area is 142 Å². The molecule has 0 saturated heterocycles. The maximum atomic E-state index is 12.1. The van der Waals surface area contributed by atoms with Gasteiger partial charge in [-0.05, 0) is 45.6 Å². The first-order valence-electron chi connectivity index (χ1n) is 8.10. The van der Waals surface area contributed by atoms with Crippen LogP contribution >= 0.6 is 0 Å². The van der Waals surface area contributed by atoms with Crippen LogP contribution in [0.15, 0.2) is 29.1 Å². The van der Waals surface area contributed by atoms with E-state index in [2.05, 4.69) is 5.32 Å². The van der Waals surface area contributed by atoms with E-state index in [0.29, 0.717) is 18.8 Å². The topological polar surface area (TPSA) is 63.6 Å². The second kappa shape index (κ2) is 7.97. The quantitative estimate of drug-likeness (QED) is 0.833. The van der Waals surface area contributed by atoms with E-state index >= 15 is 0 Å². The van der Waals surface area contributed by atoms with Gasteiger partial charge in [0.15, 0.2) is 6.61 Å². The van der Waals surface area contributed by atoms with Crippen LogP contribution in [0.2, 0.25) is 0 Å². The molecule has 0 aliphatic carbocycles. The SMILES string of the molecule is CCn1c(=O)cc(C)c2ccc(OCC(=O)NCCN(C)C)cc21. The van der Waals surface area contributed by atoms with Gasteiger partial charge in [0, 0.05) is 37.2 Å². The number of likely N-dealkylation sites (N-methyl/N-ethyl adjacent to an activating group) is 1. The van der Waals surface area contributed by atoms with Gasteiger partial charge in [0.05, 0.1) is 5.52 Å². The molecule has 1 aromatic heterocycles. The Morgan fingerprint density at radius 2 is 2.04 bits per heavy atom. The molecule has 0 atom stereocenters. The van der Waals surface area contributed by atoms with Gasteiger partial charge in [0.1, 0.15) is 5.75 Å². The Balaban J connectivity index is 2.11. The number of aryl methyl sites for hydroxylation is 2. The first kappa shape index (κ1) is 18.0. The maximum absolute atomic E-state index is 12.1. The Morgan fingerprint density at radius 1 is 1.29 bits per heavy atom. The number of nitrogens with zero attached hydrogens (tertiary/aromatic N) is 2. The van der Waals surface area contributed by atoms with Gasteiger partial charge >= 0.3 is 0 Å². The molecule has 0 aliphatic heterocycles. The molecule has 0 aliphatic rings. The lowest BCUT2D eigenvalue weighted by Gasteiger charge is -2.13. The molecule has 0 unspecified atom stereocenters. The number of ether oxygens (including phenoxy) is 1. The smallest absolute Gasteiger partial charge is 0.257 e. The highest BCUT2D eigenvalue weighted by molar-refractivity contribution is 5.84. The first-order chi connectivity index (χ1) is 11.4. The molecule has 6 nitrogen and oxygen atoms in total. The van der Waals surface area contributed by atoms with E-state index in [1.165, 1.54) is 0 Å². The van der Waals surface area contributed by atoms with Crippen molar-refractivity contribution in [2.75, 3.05) is 33.8 Å². The fraction of sp³-hybridized carbons (Fsp3) is 0.444. The Hall–Kier alpha value is -2.34. The molecule has 24 heavy (non-hydrogen) atoms. The van der Waals surface area contributed by atoms with E-state index in [4.69, 9.17) is 4.74 Å². The molecule has 6 heteroatoms. The summed E-state index contributed by atoms with van der Waals surface area (Å²) in [4.78, 5) is 25.9. The van der Waals surface area contributed by atoms with Crippen molar-refractivity contribution in [3.05, 3.63) is 40.2 Å². The first-order valence-corrected chi connectivity index (χ1v) is 8.10. The minimum Gasteiger partial charge on any atom is -0.484 e. The summed E-state index contributed by atoms with van der Waals surface area (Å²) in [6, 6.07) is 7.22. The van der Waals surface area contributed by atoms with E-state index < -0.39 is 0 Å². The van der Waals surface area contributed by atoms with Gasteiger partial charge in [0.25, 0.3) is 11.5 Å². The van der Waals surface area contributed by atoms with Crippen molar-refractivity contribution in [1.29, 1.82) is 0 Å². The maximum Gasteiger partial charge on any atom is 0.257 e. The zero-order valence-corrected chi connectivity index (χ0v) is 14.8. The third-order valence-corrected chi connectivity index (χ3v) is 3.86. The summed E-state index contributed by atoms with van der Waals surface area (Å²) in [6.07, 6.45) is 0. The zero-order valence-electron chi connectivity index (χ0n) is 14.8. The number of carbonyl (C=O) groups is 1. The molecule has 2 rings (SSSR count). The predicted octanol–water partition coefficient (Wildman–Crippen LogP) is 1.39. The Morgan fingerprint density at radius 3 is 2.71 bits per heavy atom. The molecule has 0 radical (unpaired) electrons. The van der Waals surface area contributed by atoms with E-state index in [-0.39, 0.29) is 18.1 Å². The number of hydrogen-bond donors (Lipinski definition) is 1. The van der Waals surface area contributed by atoms with Crippen molar-refractivity contribution in [3.8, 4) is 5.75 Å². The van der Waals surface area contributed by atoms with E-state index in [0.717, 1.165) is 23.0 Å². The molecular weight excluding hydrogens is 306 g/mol. The summed E-state index contributed by atoms with van der Waals surface area (Å²) in [5.74, 6) is 0.423. The summed E-state index contributed by atoms with van der Waals surface area (Å²) < 4.78 is 7.27. The van der Waals surface area contributed by atoms with E-state index in [9.17, 15) is 9.59 Å². The van der Waals surface area contributed by atoms with E-state index in [1.54, 1.807) is 10.6 Å². The summed E-state index contributed by atoms with van der Waals surface area (Å²) >= 11 is 0. The highest BCUT2D eigenvalue weighted by atomic mass is 16.5. The molecule has 130 valence electrons. The zero-order chi connectivity index (χ0) is 17.7. The number of pyridine rings is 1. The number of amides is 1. The number of fused-ring (bicyclic) bond motifs is 1. The summed E-state index contributed by atoms with van der Waals surface area (Å²) in [5, 5.41) is 3.81. The van der Waals surface area contributed by atoms with Crippen LogP contribution in [-0.4, -0.2) is 49.2 Å². The van der Waals surface area contributed by atoms with Crippen LogP contribution in [0.5, 0.6) is 5.75 Å². The largest absolute Gasteiger partial charge is 0.484 e. The normalized spacial score (nSPS) is 11.0. The predicted molar refractivity (Wildman–Crippen MR) is 95.7 cm³/mol. The van der Waals surface area contributed by atoms with Gasteiger partial charge in [0.2, 0.25) is 0 Å². The van der Waals surface area contributed by atoms with Crippen LogP contribution in [0.4, 0.5) is 0 Å². The summed E-state index contributed by atoms with van der Waals surface area (Å²) in [7, 11) is 3.90. The average Bonchev–Trinajstić information content (AvgIpc) is 2.52. The van der Waals surface area contributed by atoms with Gasteiger partial charge < -0.3 is 19.5 Å². The molecule has 0 saturated carbocycles. The molecule has 2 aromatic rings. The number of aromatic nitrogens is 1. The Bertz CT molecular complexity index is 781. The van der Waals surface area contributed by atoms with Gasteiger partial charge in [-0.15, -0.1) is 0 Å². The van der Waals surface area contributed by atoms with Crippen LogP contribution in [0.25, 0.3) is 10.9 Å². The van der Waals surface area contributed by atoms with Gasteiger partial charge in [-0.3, -0.25) is 9.59 Å². The fourth-order valence-corrected chi connectivity index (χ4v) is 2.56. The summed E-state index contributed by atoms with van der Waals surface area (Å²) in [5.41, 5.74) is 1.74. The fourth-order valence-electron chi connectivity index (χ4n) is 2.56. The lowest BCUT2D eigenvalue weighted by Crippen LogP contribution is -2.34. The summed E-state index contributed by atoms with van der Waals surface area (Å²) in [6.45, 7) is 5.76. The molecular formula is C18H25N3O3. The molecule has 1 amide bonds. The van der Waals surface area contributed by atoms with Crippen LogP contribution in [0.3, 0.4) is 0 Å². The second-order valence-electron chi connectivity index (χ2n) is 6.03. The standard InChI is InChI=1S/C18H25N3O3/c1-5-21-16-11-14(6-7-15(16)13(2)10-18(21)23)24-12-17(22)19-8-9-20(3)4/h6-7,10-11H,5,8-9,12H2,1-4H3,(H,19,22). The van der Waals surface area contributed by atoms with E-state index in [1.807, 2.05) is 51.0 Å². The molecule has 1 N–H and O–H groups in total. The van der Waals surface area contributed by atoms with Crippen molar-refractivity contribution in [1.82, 2.24) is 14.8 Å². The van der Waals surface area contributed by atoms with Crippen molar-refractivity contribution in [3.63, 3.8) is 0 Å². The van der Waals surface area contributed by atoms with Gasteiger partial charge in [-0.25, -0.2) is 0 Å². The molecule has 0 spiro atoms. The third kappa shape index (κ3) is 4.35. The van der Waals surface area contributed by atoms with Crippen LogP contribution in [0.1, 0.15) is 12.5 Å². The second-order valence-corrected chi connectivity index (χ2v) is 6.03. The lowest BCUT2D eigenvalue weighted by atomic mass is 10.1. The minimum absolute atomic E-state index is 0.0268. The van der Waals surface area contributed by atoms with Crippen molar-refractivity contribution >= 4 is 16.8 Å². The Kier molecular flexibility index (Phi) is 5.98. The van der Waals surface area contributed by atoms with Crippen molar-refractivity contribution in [2.24, 2.45) is 0 Å². The number of nitrogens with one attached hydrogen (secondary N) is 1. The highest BCUT2D eigenvalue weighted by Crippen LogP contribution is 2.22. The number of benzene rings is 1. The minimum atomic E-state index is -0.158. The number of carbonyl (C=O) groups excluding carboxylic acids is 1. The highest BCUT2D eigenvalue weighted by Gasteiger charge is 2.08. The molecule has 1 heterocycles. The van der Waals surface area contributed by atoms with Crippen LogP contribution < -0.4 is 15.6 Å². The number of rotatable bonds is 7. The molecule has 0 bridgehead atoms. The van der Waals surface area contributed by atoms with Gasteiger partial charge in [-0.1, -0.05) is 0 Å².